The molecule has 0 fully saturated rings. The van der Waals surface area contributed by atoms with Crippen molar-refractivity contribution in [2.75, 3.05) is 0 Å². The molecule has 0 N–H and O–H groups in total. The van der Waals surface area contributed by atoms with E-state index in [0.29, 0.717) is 5.75 Å². The van der Waals surface area contributed by atoms with E-state index in [2.05, 4.69) is 26.0 Å². The fourth-order valence-corrected chi connectivity index (χ4v) is 6.15. The van der Waals surface area contributed by atoms with Gasteiger partial charge in [-0.2, -0.15) is 0 Å². The number of para-hydroxylation sites is 1. The maximum absolute atomic E-state index is 6.48. The fraction of sp³-hybridized carbons (Fsp3) is 0.364. The molecule has 2 aliphatic carbocycles. The van der Waals surface area contributed by atoms with Crippen molar-refractivity contribution in [3.63, 3.8) is 0 Å². The van der Waals surface area contributed by atoms with Crippen LogP contribution in [0.15, 0.2) is 78.9 Å². The zero-order valence-electron chi connectivity index (χ0n) is 16.2. The molecule has 3 rings (SSSR count). The van der Waals surface area contributed by atoms with Gasteiger partial charge in [-0.25, -0.2) is 0 Å². The van der Waals surface area contributed by atoms with E-state index in [0.717, 1.165) is 0 Å². The van der Waals surface area contributed by atoms with E-state index in [1.54, 1.807) is 0 Å². The first-order valence-corrected chi connectivity index (χ1v) is 11.8. The smallest absolute Gasteiger partial charge is 0.382 e. The van der Waals surface area contributed by atoms with Gasteiger partial charge < -0.3 is 4.52 Å². The first-order chi connectivity index (χ1) is 12.7. The lowest BCUT2D eigenvalue weighted by molar-refractivity contribution is 0.0259. The fourth-order valence-electron chi connectivity index (χ4n) is 3.02. The van der Waals surface area contributed by atoms with E-state index < -0.39 is 17.9 Å². The standard InChI is InChI=1S/C22H27O3PS/c1-18-12-8-10-16-21(18,3)24-26(27,23-20-14-6-5-7-15-20)25-22(4)17-11-9-13-19(22)2/h5-19H,1-4H3. The van der Waals surface area contributed by atoms with Gasteiger partial charge in [0.15, 0.2) is 0 Å². The molecule has 5 heteroatoms. The van der Waals surface area contributed by atoms with Crippen LogP contribution in [0.2, 0.25) is 0 Å². The van der Waals surface area contributed by atoms with Crippen molar-refractivity contribution in [1.29, 1.82) is 0 Å². The minimum atomic E-state index is -3.12. The Morgan fingerprint density at radius 1 is 0.815 bits per heavy atom. The molecule has 4 unspecified atom stereocenters. The minimum Gasteiger partial charge on any atom is -0.424 e. The lowest BCUT2D eigenvalue weighted by Crippen LogP contribution is -2.38. The Kier molecular flexibility index (Phi) is 5.93. The molecule has 3 nitrogen and oxygen atoms in total. The molecule has 0 spiro atoms. The average Bonchev–Trinajstić information content (AvgIpc) is 2.61. The minimum absolute atomic E-state index is 0.153. The first-order valence-electron chi connectivity index (χ1n) is 9.23. The Labute approximate surface area is 167 Å². The van der Waals surface area contributed by atoms with Gasteiger partial charge in [0, 0.05) is 23.6 Å². The van der Waals surface area contributed by atoms with Crippen molar-refractivity contribution in [1.82, 2.24) is 0 Å². The summed E-state index contributed by atoms with van der Waals surface area (Å²) in [6.45, 7) is 5.15. The van der Waals surface area contributed by atoms with E-state index in [-0.39, 0.29) is 11.8 Å². The molecule has 0 aromatic heterocycles. The molecular formula is C22H27O3PS. The summed E-state index contributed by atoms with van der Waals surface area (Å²) >= 11 is 5.92. The van der Waals surface area contributed by atoms with Gasteiger partial charge in [-0.05, 0) is 26.0 Å². The maximum Gasteiger partial charge on any atom is 0.382 e. The normalized spacial score (nSPS) is 34.4. The second-order valence-corrected chi connectivity index (χ2v) is 10.3. The predicted octanol–water partition coefficient (Wildman–Crippen LogP) is 6.36. The first kappa shape index (κ1) is 20.3. The van der Waals surface area contributed by atoms with Crippen LogP contribution in [0.3, 0.4) is 0 Å². The molecule has 0 amide bonds. The number of allylic oxidation sites excluding steroid dienone is 4. The van der Waals surface area contributed by atoms with Crippen molar-refractivity contribution in [3.8, 4) is 5.75 Å². The summed E-state index contributed by atoms with van der Waals surface area (Å²) < 4.78 is 19.2. The Balaban J connectivity index is 1.92. The molecule has 2 aliphatic rings. The summed E-state index contributed by atoms with van der Waals surface area (Å²) in [6.07, 6.45) is 16.3. The van der Waals surface area contributed by atoms with Gasteiger partial charge in [0.25, 0.3) is 0 Å². The van der Waals surface area contributed by atoms with Crippen molar-refractivity contribution < 1.29 is 13.6 Å². The van der Waals surface area contributed by atoms with E-state index in [1.165, 1.54) is 0 Å². The molecule has 0 aliphatic heterocycles. The van der Waals surface area contributed by atoms with E-state index in [1.807, 2.05) is 80.6 Å². The highest BCUT2D eigenvalue weighted by Crippen LogP contribution is 2.58. The van der Waals surface area contributed by atoms with E-state index in [4.69, 9.17) is 25.4 Å². The number of hydrogen-bond acceptors (Lipinski definition) is 4. The number of hydrogen-bond donors (Lipinski definition) is 0. The van der Waals surface area contributed by atoms with Gasteiger partial charge in [-0.1, -0.05) is 80.7 Å². The second kappa shape index (κ2) is 7.89. The highest BCUT2D eigenvalue weighted by Gasteiger charge is 2.43. The molecular weight excluding hydrogens is 375 g/mol. The van der Waals surface area contributed by atoms with Gasteiger partial charge in [-0.15, -0.1) is 0 Å². The van der Waals surface area contributed by atoms with Crippen LogP contribution in [0.1, 0.15) is 27.7 Å². The molecule has 0 radical (unpaired) electrons. The van der Waals surface area contributed by atoms with Gasteiger partial charge in [0.2, 0.25) is 0 Å². The Bertz CT molecular complexity index is 783. The van der Waals surface area contributed by atoms with Crippen molar-refractivity contribution in [2.24, 2.45) is 11.8 Å². The van der Waals surface area contributed by atoms with Crippen LogP contribution in [-0.4, -0.2) is 11.2 Å². The molecule has 1 aromatic rings. The second-order valence-electron chi connectivity index (χ2n) is 7.47. The van der Waals surface area contributed by atoms with Crippen LogP contribution in [0.5, 0.6) is 5.75 Å². The third-order valence-corrected chi connectivity index (χ3v) is 7.60. The molecule has 0 saturated heterocycles. The Morgan fingerprint density at radius 3 is 1.74 bits per heavy atom. The van der Waals surface area contributed by atoms with E-state index >= 15 is 0 Å². The summed E-state index contributed by atoms with van der Waals surface area (Å²) in [5.41, 5.74) is -1.18. The van der Waals surface area contributed by atoms with Crippen LogP contribution >= 0.6 is 6.72 Å². The summed E-state index contributed by atoms with van der Waals surface area (Å²) in [4.78, 5) is 0. The monoisotopic (exact) mass is 402 g/mol. The Hall–Kier alpha value is -1.45. The summed E-state index contributed by atoms with van der Waals surface area (Å²) in [6, 6.07) is 9.51. The highest BCUT2D eigenvalue weighted by molar-refractivity contribution is 8.07. The summed E-state index contributed by atoms with van der Waals surface area (Å²) in [7, 11) is 0. The topological polar surface area (TPSA) is 27.7 Å². The van der Waals surface area contributed by atoms with Crippen LogP contribution in [-0.2, 0) is 20.9 Å². The van der Waals surface area contributed by atoms with Crippen LogP contribution in [0.25, 0.3) is 0 Å². The summed E-state index contributed by atoms with van der Waals surface area (Å²) in [5, 5.41) is 0. The molecule has 0 saturated carbocycles. The van der Waals surface area contributed by atoms with Crippen LogP contribution < -0.4 is 4.52 Å². The maximum atomic E-state index is 6.48. The molecule has 0 heterocycles. The van der Waals surface area contributed by atoms with Gasteiger partial charge in [0.05, 0.1) is 0 Å². The lowest BCUT2D eigenvalue weighted by atomic mass is 9.87. The SMILES string of the molecule is CC1C=CC=CC1(C)OP(=S)(Oc1ccccc1)OC1(C)C=CC=CC1C. The molecule has 0 bridgehead atoms. The van der Waals surface area contributed by atoms with Crippen LogP contribution in [0.4, 0.5) is 0 Å². The lowest BCUT2D eigenvalue weighted by Gasteiger charge is -2.41. The zero-order chi connectivity index (χ0) is 19.5. The molecule has 144 valence electrons. The van der Waals surface area contributed by atoms with E-state index in [9.17, 15) is 0 Å². The Morgan fingerprint density at radius 2 is 1.30 bits per heavy atom. The van der Waals surface area contributed by atoms with Crippen molar-refractivity contribution in [3.05, 3.63) is 78.9 Å². The number of benzene rings is 1. The van der Waals surface area contributed by atoms with Crippen molar-refractivity contribution >= 4 is 18.5 Å². The van der Waals surface area contributed by atoms with Gasteiger partial charge >= 0.3 is 6.72 Å². The van der Waals surface area contributed by atoms with Gasteiger partial charge in [-0.3, -0.25) is 9.05 Å². The predicted molar refractivity (Wildman–Crippen MR) is 115 cm³/mol. The quantitative estimate of drug-likeness (QED) is 0.517. The zero-order valence-corrected chi connectivity index (χ0v) is 18.0. The third kappa shape index (κ3) is 4.70. The average molecular weight is 402 g/mol. The molecule has 1 aromatic carbocycles. The molecule has 4 atom stereocenters. The summed E-state index contributed by atoms with van der Waals surface area (Å²) in [5.74, 6) is 0.957. The van der Waals surface area contributed by atoms with Crippen LogP contribution in [0, 0.1) is 11.8 Å². The van der Waals surface area contributed by atoms with Gasteiger partial charge in [0.1, 0.15) is 17.0 Å². The van der Waals surface area contributed by atoms with Crippen molar-refractivity contribution in [2.45, 2.75) is 38.9 Å². The molecule has 27 heavy (non-hydrogen) atoms. The highest BCUT2D eigenvalue weighted by atomic mass is 32.5. The number of rotatable bonds is 6. The largest absolute Gasteiger partial charge is 0.424 e. The third-order valence-electron chi connectivity index (χ3n) is 5.26.